The summed E-state index contributed by atoms with van der Waals surface area (Å²) in [5.41, 5.74) is 18.6. The average Bonchev–Trinajstić information content (AvgIpc) is 3.02. The molecular formula is C39H35N. The molecule has 3 aromatic rings. The number of rotatable bonds is 5. The highest BCUT2D eigenvalue weighted by Gasteiger charge is 2.36. The molecule has 1 nitrogen and oxygen atoms in total. The zero-order chi connectivity index (χ0) is 26.9. The van der Waals surface area contributed by atoms with E-state index < -0.39 is 0 Å². The third-order valence-corrected chi connectivity index (χ3v) is 8.95. The summed E-state index contributed by atoms with van der Waals surface area (Å²) in [5.74, 6) is 1.42. The van der Waals surface area contributed by atoms with Gasteiger partial charge in [-0.05, 0) is 81.8 Å². The Morgan fingerprint density at radius 1 is 0.775 bits per heavy atom. The van der Waals surface area contributed by atoms with Crippen molar-refractivity contribution in [1.82, 2.24) is 0 Å². The van der Waals surface area contributed by atoms with Gasteiger partial charge in [-0.3, -0.25) is 0 Å². The fraction of sp³-hybridized carbons (Fsp3) is 0.179. The van der Waals surface area contributed by atoms with Crippen LogP contribution in [0.3, 0.4) is 0 Å². The number of nitrogens with two attached hydrogens (primary N) is 1. The first kappa shape index (κ1) is 24.7. The lowest BCUT2D eigenvalue weighted by Crippen LogP contribution is -2.25. The highest BCUT2D eigenvalue weighted by atomic mass is 14.6. The van der Waals surface area contributed by atoms with Gasteiger partial charge in [-0.1, -0.05) is 127 Å². The van der Waals surface area contributed by atoms with Crippen LogP contribution in [0.2, 0.25) is 0 Å². The third kappa shape index (κ3) is 4.67. The van der Waals surface area contributed by atoms with Gasteiger partial charge in [0.15, 0.2) is 0 Å². The van der Waals surface area contributed by atoms with Crippen LogP contribution in [-0.4, -0.2) is 0 Å². The van der Waals surface area contributed by atoms with Crippen LogP contribution in [0.25, 0.3) is 16.7 Å². The number of allylic oxidation sites excluding steroid dienone is 14. The fourth-order valence-electron chi connectivity index (χ4n) is 6.81. The molecule has 40 heavy (non-hydrogen) atoms. The molecule has 0 bridgehead atoms. The minimum atomic E-state index is 0.222. The minimum Gasteiger partial charge on any atom is -0.402 e. The molecule has 7 rings (SSSR count). The van der Waals surface area contributed by atoms with Gasteiger partial charge in [-0.15, -0.1) is 0 Å². The molecule has 4 aliphatic carbocycles. The monoisotopic (exact) mass is 517 g/mol. The average molecular weight is 518 g/mol. The molecule has 4 atom stereocenters. The normalized spacial score (nSPS) is 24.6. The van der Waals surface area contributed by atoms with Gasteiger partial charge in [0, 0.05) is 23.5 Å². The van der Waals surface area contributed by atoms with Crippen molar-refractivity contribution < 1.29 is 0 Å². The highest BCUT2D eigenvalue weighted by Crippen LogP contribution is 2.52. The summed E-state index contributed by atoms with van der Waals surface area (Å²) < 4.78 is 0. The summed E-state index contributed by atoms with van der Waals surface area (Å²) in [5, 5.41) is 0. The van der Waals surface area contributed by atoms with Crippen molar-refractivity contribution in [2.45, 2.75) is 31.1 Å². The van der Waals surface area contributed by atoms with Crippen LogP contribution in [0.5, 0.6) is 0 Å². The molecule has 196 valence electrons. The maximum atomic E-state index is 6.72. The smallest absolute Gasteiger partial charge is 0.0276 e. The van der Waals surface area contributed by atoms with Crippen molar-refractivity contribution >= 4 is 5.57 Å². The lowest BCUT2D eigenvalue weighted by molar-refractivity contribution is 0.642. The van der Waals surface area contributed by atoms with E-state index in [9.17, 15) is 0 Å². The molecule has 0 spiro atoms. The SMILES string of the molecule is NC1=CC2=C(CC1c1ccccc1)c1ccc(-c3ccc(C/C=C/C4C=CC=CC4)cc3)cc1C1C=CC=CC21. The Labute approximate surface area is 238 Å². The van der Waals surface area contributed by atoms with E-state index in [4.69, 9.17) is 5.73 Å². The zero-order valence-corrected chi connectivity index (χ0v) is 22.8. The highest BCUT2D eigenvalue weighted by molar-refractivity contribution is 5.82. The maximum absolute atomic E-state index is 6.72. The van der Waals surface area contributed by atoms with Gasteiger partial charge in [-0.25, -0.2) is 0 Å². The first-order chi connectivity index (χ1) is 19.7. The zero-order valence-electron chi connectivity index (χ0n) is 22.8. The molecule has 0 fully saturated rings. The van der Waals surface area contributed by atoms with Gasteiger partial charge >= 0.3 is 0 Å². The Kier molecular flexibility index (Phi) is 6.57. The third-order valence-electron chi connectivity index (χ3n) is 8.95. The summed E-state index contributed by atoms with van der Waals surface area (Å²) in [6.07, 6.45) is 27.9. The number of benzene rings is 3. The van der Waals surface area contributed by atoms with E-state index in [0.717, 1.165) is 25.0 Å². The Morgan fingerprint density at radius 3 is 2.35 bits per heavy atom. The molecule has 3 aromatic carbocycles. The van der Waals surface area contributed by atoms with Crippen LogP contribution in [0.15, 0.2) is 151 Å². The Balaban J connectivity index is 1.18. The van der Waals surface area contributed by atoms with Gasteiger partial charge in [0.05, 0.1) is 0 Å². The van der Waals surface area contributed by atoms with Crippen LogP contribution in [0.1, 0.15) is 46.9 Å². The van der Waals surface area contributed by atoms with Crippen molar-refractivity contribution in [1.29, 1.82) is 0 Å². The van der Waals surface area contributed by atoms with Gasteiger partial charge < -0.3 is 5.73 Å². The first-order valence-corrected chi connectivity index (χ1v) is 14.6. The van der Waals surface area contributed by atoms with Crippen LogP contribution in [0, 0.1) is 11.8 Å². The van der Waals surface area contributed by atoms with Gasteiger partial charge in [-0.2, -0.15) is 0 Å². The van der Waals surface area contributed by atoms with E-state index in [0.29, 0.717) is 17.8 Å². The predicted molar refractivity (Wildman–Crippen MR) is 169 cm³/mol. The summed E-state index contributed by atoms with van der Waals surface area (Å²) in [6, 6.07) is 27.0. The Morgan fingerprint density at radius 2 is 1.55 bits per heavy atom. The standard InChI is InChI=1S/C39H35N/c40-39-26-38-33-17-8-7-16-32(33)36-24-31(22-23-34(36)37(38)25-35(39)30-14-5-2-6-15-30)29-20-18-28(19-21-29)13-9-12-27-10-3-1-4-11-27/h1-10,12,14-24,26-27,32-33,35H,11,13,25,40H2/b12-9+. The van der Waals surface area contributed by atoms with Crippen LogP contribution in [0.4, 0.5) is 0 Å². The topological polar surface area (TPSA) is 26.0 Å². The largest absolute Gasteiger partial charge is 0.402 e. The fourth-order valence-corrected chi connectivity index (χ4v) is 6.81. The predicted octanol–water partition coefficient (Wildman–Crippen LogP) is 9.21. The van der Waals surface area contributed by atoms with Crippen LogP contribution >= 0.6 is 0 Å². The summed E-state index contributed by atoms with van der Waals surface area (Å²) in [7, 11) is 0. The number of fused-ring (bicyclic) bond motifs is 5. The Hall–Kier alpha value is -4.36. The first-order valence-electron chi connectivity index (χ1n) is 14.6. The summed E-state index contributed by atoms with van der Waals surface area (Å²) >= 11 is 0. The molecule has 0 saturated carbocycles. The van der Waals surface area contributed by atoms with Gasteiger partial charge in [0.25, 0.3) is 0 Å². The molecule has 1 heteroatoms. The number of hydrogen-bond acceptors (Lipinski definition) is 1. The van der Waals surface area contributed by atoms with E-state index in [1.54, 1.807) is 0 Å². The summed E-state index contributed by atoms with van der Waals surface area (Å²) in [6.45, 7) is 0. The van der Waals surface area contributed by atoms with Crippen molar-refractivity contribution in [2.24, 2.45) is 17.6 Å². The van der Waals surface area contributed by atoms with E-state index in [1.807, 2.05) is 0 Å². The van der Waals surface area contributed by atoms with E-state index >= 15 is 0 Å². The second-order valence-corrected chi connectivity index (χ2v) is 11.4. The molecule has 0 aromatic heterocycles. The van der Waals surface area contributed by atoms with Gasteiger partial charge in [0.1, 0.15) is 0 Å². The van der Waals surface area contributed by atoms with Gasteiger partial charge in [0.2, 0.25) is 0 Å². The lowest BCUT2D eigenvalue weighted by atomic mass is 9.65. The van der Waals surface area contributed by atoms with Crippen LogP contribution < -0.4 is 5.73 Å². The molecule has 2 N–H and O–H groups in total. The van der Waals surface area contributed by atoms with Crippen molar-refractivity contribution in [3.05, 3.63) is 173 Å². The number of hydrogen-bond donors (Lipinski definition) is 1. The summed E-state index contributed by atoms with van der Waals surface area (Å²) in [4.78, 5) is 0. The lowest BCUT2D eigenvalue weighted by Gasteiger charge is -2.39. The van der Waals surface area contributed by atoms with Crippen molar-refractivity contribution in [3.63, 3.8) is 0 Å². The van der Waals surface area contributed by atoms with E-state index in [2.05, 4.69) is 140 Å². The molecule has 0 aliphatic heterocycles. The molecule has 4 unspecified atom stereocenters. The molecule has 0 amide bonds. The molecule has 0 saturated heterocycles. The minimum absolute atomic E-state index is 0.222. The second-order valence-electron chi connectivity index (χ2n) is 11.4. The van der Waals surface area contributed by atoms with E-state index in [-0.39, 0.29) is 5.92 Å². The molecular weight excluding hydrogens is 482 g/mol. The second kappa shape index (κ2) is 10.7. The Bertz CT molecular complexity index is 1620. The van der Waals surface area contributed by atoms with Crippen molar-refractivity contribution in [2.75, 3.05) is 0 Å². The molecule has 0 radical (unpaired) electrons. The van der Waals surface area contributed by atoms with Crippen molar-refractivity contribution in [3.8, 4) is 11.1 Å². The quantitative estimate of drug-likeness (QED) is 0.335. The molecule has 4 aliphatic rings. The van der Waals surface area contributed by atoms with E-state index in [1.165, 1.54) is 44.5 Å². The maximum Gasteiger partial charge on any atom is 0.0276 e. The molecule has 0 heterocycles. The van der Waals surface area contributed by atoms with Crippen LogP contribution in [-0.2, 0) is 6.42 Å².